The minimum absolute atomic E-state index is 0.916. The van der Waals surface area contributed by atoms with Crippen molar-refractivity contribution in [2.45, 2.75) is 27.3 Å². The van der Waals surface area contributed by atoms with Crippen molar-refractivity contribution in [3.05, 3.63) is 34.4 Å². The lowest BCUT2D eigenvalue weighted by Gasteiger charge is -2.17. The van der Waals surface area contributed by atoms with Crippen molar-refractivity contribution >= 4 is 15.9 Å². The normalized spacial score (nSPS) is 11.0. The van der Waals surface area contributed by atoms with Crippen molar-refractivity contribution < 1.29 is 0 Å². The van der Waals surface area contributed by atoms with Crippen LogP contribution in [0.1, 0.15) is 22.3 Å². The summed E-state index contributed by atoms with van der Waals surface area (Å²) in [5, 5.41) is 0. The fourth-order valence-corrected chi connectivity index (χ4v) is 1.69. The van der Waals surface area contributed by atoms with Crippen molar-refractivity contribution in [3.8, 4) is 0 Å². The van der Waals surface area contributed by atoms with E-state index < -0.39 is 0 Å². The molecule has 1 nitrogen and oxygen atoms in total. The van der Waals surface area contributed by atoms with Crippen LogP contribution >= 0.6 is 15.9 Å². The summed E-state index contributed by atoms with van der Waals surface area (Å²) in [4.78, 5) is 2.25. The molecular formula is C12H18BrN. The van der Waals surface area contributed by atoms with E-state index in [-0.39, 0.29) is 0 Å². The van der Waals surface area contributed by atoms with Crippen LogP contribution in [0.4, 0.5) is 0 Å². The van der Waals surface area contributed by atoms with Crippen molar-refractivity contribution in [1.82, 2.24) is 4.90 Å². The Kier molecular flexibility index (Phi) is 4.14. The lowest BCUT2D eigenvalue weighted by atomic mass is 9.99. The molecule has 1 aromatic carbocycles. The van der Waals surface area contributed by atoms with Gasteiger partial charge in [-0.05, 0) is 50.1 Å². The van der Waals surface area contributed by atoms with Crippen LogP contribution in [0.15, 0.2) is 12.1 Å². The number of nitrogens with zero attached hydrogens (tertiary/aromatic N) is 1. The van der Waals surface area contributed by atoms with Crippen molar-refractivity contribution in [2.75, 3.05) is 12.5 Å². The van der Waals surface area contributed by atoms with Gasteiger partial charge >= 0.3 is 0 Å². The molecule has 0 aliphatic rings. The molecule has 0 spiro atoms. The zero-order valence-corrected chi connectivity index (χ0v) is 11.0. The van der Waals surface area contributed by atoms with Gasteiger partial charge in [0.15, 0.2) is 0 Å². The summed E-state index contributed by atoms with van der Waals surface area (Å²) < 4.78 is 0. The number of halogens is 1. The largest absolute Gasteiger partial charge is 0.292 e. The Morgan fingerprint density at radius 3 is 2.36 bits per heavy atom. The maximum Gasteiger partial charge on any atom is 0.0542 e. The first-order valence-corrected chi connectivity index (χ1v) is 5.98. The van der Waals surface area contributed by atoms with E-state index in [0.717, 1.165) is 12.0 Å². The minimum atomic E-state index is 0.916. The summed E-state index contributed by atoms with van der Waals surface area (Å²) in [5.74, 6) is 0. The van der Waals surface area contributed by atoms with Gasteiger partial charge in [-0.1, -0.05) is 28.1 Å². The van der Waals surface area contributed by atoms with Gasteiger partial charge in [0.25, 0.3) is 0 Å². The second-order valence-electron chi connectivity index (χ2n) is 3.93. The Balaban J connectivity index is 2.94. The molecule has 0 aromatic heterocycles. The Bertz CT molecular complexity index is 320. The van der Waals surface area contributed by atoms with E-state index in [4.69, 9.17) is 0 Å². The highest BCUT2D eigenvalue weighted by atomic mass is 79.9. The van der Waals surface area contributed by atoms with Crippen LogP contribution in [0.5, 0.6) is 0 Å². The molecule has 2 heteroatoms. The first kappa shape index (κ1) is 11.7. The van der Waals surface area contributed by atoms with E-state index in [2.05, 4.69) is 60.8 Å². The van der Waals surface area contributed by atoms with Crippen LogP contribution < -0.4 is 0 Å². The second kappa shape index (κ2) is 4.94. The Morgan fingerprint density at radius 2 is 1.79 bits per heavy atom. The minimum Gasteiger partial charge on any atom is -0.292 e. The monoisotopic (exact) mass is 255 g/mol. The van der Waals surface area contributed by atoms with E-state index in [1.54, 1.807) is 0 Å². The molecular weight excluding hydrogens is 238 g/mol. The molecule has 0 atom stereocenters. The maximum atomic E-state index is 3.46. The third-order valence-electron chi connectivity index (χ3n) is 2.81. The smallest absolute Gasteiger partial charge is 0.0542 e. The molecule has 0 amide bonds. The molecule has 0 heterocycles. The highest BCUT2D eigenvalue weighted by Crippen LogP contribution is 2.18. The summed E-state index contributed by atoms with van der Waals surface area (Å²) in [6, 6.07) is 4.44. The van der Waals surface area contributed by atoms with Crippen molar-refractivity contribution in [3.63, 3.8) is 0 Å². The Labute approximate surface area is 95.2 Å². The van der Waals surface area contributed by atoms with Crippen LogP contribution in [-0.2, 0) is 6.54 Å². The zero-order valence-electron chi connectivity index (χ0n) is 9.39. The van der Waals surface area contributed by atoms with Gasteiger partial charge in [-0.25, -0.2) is 0 Å². The highest BCUT2D eigenvalue weighted by Gasteiger charge is 2.05. The molecule has 0 aliphatic carbocycles. The van der Waals surface area contributed by atoms with Crippen LogP contribution in [0.2, 0.25) is 0 Å². The second-order valence-corrected chi connectivity index (χ2v) is 4.43. The lowest BCUT2D eigenvalue weighted by Crippen LogP contribution is -2.16. The van der Waals surface area contributed by atoms with Crippen molar-refractivity contribution in [2.24, 2.45) is 0 Å². The topological polar surface area (TPSA) is 3.24 Å². The maximum absolute atomic E-state index is 3.46. The first-order chi connectivity index (χ1) is 6.56. The Morgan fingerprint density at radius 1 is 1.14 bits per heavy atom. The van der Waals surface area contributed by atoms with Gasteiger partial charge in [0.05, 0.1) is 5.45 Å². The number of hydrogen-bond acceptors (Lipinski definition) is 1. The molecule has 0 radical (unpaired) electrons. The van der Waals surface area contributed by atoms with E-state index in [1.165, 1.54) is 22.3 Å². The van der Waals surface area contributed by atoms with Gasteiger partial charge in [0.2, 0.25) is 0 Å². The third-order valence-corrected chi connectivity index (χ3v) is 3.67. The molecule has 0 bridgehead atoms. The van der Waals surface area contributed by atoms with Gasteiger partial charge in [-0.2, -0.15) is 0 Å². The van der Waals surface area contributed by atoms with Crippen LogP contribution in [-0.4, -0.2) is 17.4 Å². The quantitative estimate of drug-likeness (QED) is 0.591. The highest BCUT2D eigenvalue weighted by molar-refractivity contribution is 9.09. The fourth-order valence-electron chi connectivity index (χ4n) is 1.52. The SMILES string of the molecule is Cc1ccc(CN(C)CBr)c(C)c1C. The number of aryl methyl sites for hydroxylation is 1. The molecule has 0 N–H and O–H groups in total. The van der Waals surface area contributed by atoms with Crippen LogP contribution in [0, 0.1) is 20.8 Å². The number of alkyl halides is 1. The molecule has 78 valence electrons. The standard InChI is InChI=1S/C12H18BrN/c1-9-5-6-12(7-14(4)8-13)11(3)10(9)2/h5-6H,7-8H2,1-4H3. The third kappa shape index (κ3) is 2.58. The molecule has 0 unspecified atom stereocenters. The summed E-state index contributed by atoms with van der Waals surface area (Å²) in [6.07, 6.45) is 0. The average molecular weight is 256 g/mol. The van der Waals surface area contributed by atoms with E-state index in [1.807, 2.05) is 0 Å². The molecule has 1 rings (SSSR count). The lowest BCUT2D eigenvalue weighted by molar-refractivity contribution is 0.389. The summed E-state index contributed by atoms with van der Waals surface area (Å²) in [6.45, 7) is 7.58. The predicted molar refractivity (Wildman–Crippen MR) is 65.9 cm³/mol. The van der Waals surface area contributed by atoms with Gasteiger partial charge in [0.1, 0.15) is 0 Å². The summed E-state index contributed by atoms with van der Waals surface area (Å²) in [7, 11) is 2.11. The van der Waals surface area contributed by atoms with Gasteiger partial charge in [-0.15, -0.1) is 0 Å². The predicted octanol–water partition coefficient (Wildman–Crippen LogP) is 3.40. The fraction of sp³-hybridized carbons (Fsp3) is 0.500. The summed E-state index contributed by atoms with van der Waals surface area (Å²) in [5.41, 5.74) is 6.57. The molecule has 0 fully saturated rings. The van der Waals surface area contributed by atoms with E-state index >= 15 is 0 Å². The van der Waals surface area contributed by atoms with Crippen LogP contribution in [0.25, 0.3) is 0 Å². The van der Waals surface area contributed by atoms with Crippen LogP contribution in [0.3, 0.4) is 0 Å². The number of rotatable bonds is 3. The molecule has 14 heavy (non-hydrogen) atoms. The molecule has 0 saturated carbocycles. The summed E-state index contributed by atoms with van der Waals surface area (Å²) >= 11 is 3.46. The molecule has 1 aromatic rings. The van der Waals surface area contributed by atoms with E-state index in [9.17, 15) is 0 Å². The van der Waals surface area contributed by atoms with Gasteiger partial charge in [0, 0.05) is 6.54 Å². The Hall–Kier alpha value is -0.340. The first-order valence-electron chi connectivity index (χ1n) is 4.86. The van der Waals surface area contributed by atoms with Crippen molar-refractivity contribution in [1.29, 1.82) is 0 Å². The average Bonchev–Trinajstić information content (AvgIpc) is 2.19. The molecule has 0 saturated heterocycles. The molecule has 0 aliphatic heterocycles. The van der Waals surface area contributed by atoms with E-state index in [0.29, 0.717) is 0 Å². The van der Waals surface area contributed by atoms with Gasteiger partial charge in [-0.3, -0.25) is 4.90 Å². The number of benzene rings is 1. The number of hydrogen-bond donors (Lipinski definition) is 0. The zero-order chi connectivity index (χ0) is 10.7. The van der Waals surface area contributed by atoms with Gasteiger partial charge < -0.3 is 0 Å².